The molecule has 7 nitrogen and oxygen atoms in total. The molecular formula is C10H14FN3O4S2. The molecule has 10 heteroatoms. The Balaban J connectivity index is 3.22. The Morgan fingerprint density at radius 1 is 1.55 bits per heavy atom. The molecule has 1 unspecified atom stereocenters. The molecule has 0 amide bonds. The normalized spacial score (nSPS) is 13.2. The number of hydrogen-bond donors (Lipinski definition) is 2. The van der Waals surface area contributed by atoms with Gasteiger partial charge in [0.25, 0.3) is 5.69 Å². The van der Waals surface area contributed by atoms with Crippen molar-refractivity contribution < 1.29 is 17.7 Å². The van der Waals surface area contributed by atoms with Gasteiger partial charge in [-0.15, -0.1) is 0 Å². The lowest BCUT2D eigenvalue weighted by atomic mass is 10.3. The summed E-state index contributed by atoms with van der Waals surface area (Å²) in [6.45, 7) is 1.62. The van der Waals surface area contributed by atoms with Gasteiger partial charge in [-0.3, -0.25) is 10.1 Å². The first-order valence-electron chi connectivity index (χ1n) is 5.43. The smallest absolute Gasteiger partial charge is 0.274 e. The van der Waals surface area contributed by atoms with Crippen molar-refractivity contribution in [3.63, 3.8) is 0 Å². The van der Waals surface area contributed by atoms with Gasteiger partial charge in [0.1, 0.15) is 4.90 Å². The average molecular weight is 323 g/mol. The quantitative estimate of drug-likeness (QED) is 0.464. The molecule has 0 fully saturated rings. The van der Waals surface area contributed by atoms with E-state index in [9.17, 15) is 22.9 Å². The Morgan fingerprint density at radius 3 is 2.60 bits per heavy atom. The largest absolute Gasteiger partial charge is 0.397 e. The Bertz CT molecular complexity index is 598. The number of sulfonamides is 1. The molecule has 0 aromatic heterocycles. The Kier molecular flexibility index (Phi) is 5.31. The highest BCUT2D eigenvalue weighted by molar-refractivity contribution is 7.98. The van der Waals surface area contributed by atoms with Crippen LogP contribution in [0.4, 0.5) is 15.8 Å². The fourth-order valence-electron chi connectivity index (χ4n) is 1.60. The zero-order valence-electron chi connectivity index (χ0n) is 10.8. The van der Waals surface area contributed by atoms with Crippen molar-refractivity contribution in [2.24, 2.45) is 0 Å². The van der Waals surface area contributed by atoms with Crippen molar-refractivity contribution in [1.82, 2.24) is 4.72 Å². The van der Waals surface area contributed by atoms with Gasteiger partial charge in [0.05, 0.1) is 16.7 Å². The number of nitro groups is 1. The van der Waals surface area contributed by atoms with Gasteiger partial charge in [0, 0.05) is 17.9 Å². The van der Waals surface area contributed by atoms with Gasteiger partial charge < -0.3 is 5.73 Å². The number of nitrogens with zero attached hydrogens (tertiary/aromatic N) is 1. The number of nitrogens with two attached hydrogens (primary N) is 1. The number of nitrogens with one attached hydrogen (secondary N) is 1. The number of non-ortho nitro benzene ring substituents is 1. The van der Waals surface area contributed by atoms with Crippen molar-refractivity contribution >= 4 is 33.2 Å². The zero-order valence-corrected chi connectivity index (χ0v) is 12.4. The summed E-state index contributed by atoms with van der Waals surface area (Å²) in [4.78, 5) is 8.93. The van der Waals surface area contributed by atoms with Gasteiger partial charge in [0.15, 0.2) is 5.82 Å². The topological polar surface area (TPSA) is 115 Å². The molecule has 0 aliphatic heterocycles. The molecule has 0 radical (unpaired) electrons. The average Bonchev–Trinajstić information content (AvgIpc) is 2.26. The summed E-state index contributed by atoms with van der Waals surface area (Å²) in [6, 6.07) is 0.921. The SMILES string of the molecule is CSCC(C)NS(=O)(=O)c1c(N)cc([N+](=O)[O-])cc1F. The minimum absolute atomic E-state index is 0.427. The van der Waals surface area contributed by atoms with Crippen LogP contribution in [0.1, 0.15) is 6.92 Å². The number of nitro benzene ring substituents is 1. The van der Waals surface area contributed by atoms with E-state index in [0.717, 1.165) is 6.07 Å². The minimum atomic E-state index is -4.17. The van der Waals surface area contributed by atoms with E-state index in [4.69, 9.17) is 5.73 Å². The van der Waals surface area contributed by atoms with E-state index >= 15 is 0 Å². The summed E-state index contributed by atoms with van der Waals surface area (Å²) >= 11 is 1.42. The van der Waals surface area contributed by atoms with Crippen LogP contribution < -0.4 is 10.5 Å². The molecule has 0 aliphatic rings. The number of halogens is 1. The second-order valence-corrected chi connectivity index (χ2v) is 6.64. The Hall–Kier alpha value is -1.39. The zero-order chi connectivity index (χ0) is 15.5. The fourth-order valence-corrected chi connectivity index (χ4v) is 3.70. The lowest BCUT2D eigenvalue weighted by Gasteiger charge is -2.14. The number of thioether (sulfide) groups is 1. The molecule has 0 saturated heterocycles. The van der Waals surface area contributed by atoms with E-state index in [0.29, 0.717) is 11.8 Å². The molecule has 0 saturated carbocycles. The Labute approximate surface area is 119 Å². The third-order valence-corrected chi connectivity index (χ3v) is 4.82. The van der Waals surface area contributed by atoms with Gasteiger partial charge in [0.2, 0.25) is 10.0 Å². The summed E-state index contributed by atoms with van der Waals surface area (Å²) in [6.07, 6.45) is 1.80. The molecule has 0 heterocycles. The molecule has 0 aliphatic carbocycles. The summed E-state index contributed by atoms with van der Waals surface area (Å²) in [5.74, 6) is -0.756. The van der Waals surface area contributed by atoms with E-state index in [1.54, 1.807) is 13.2 Å². The molecule has 1 aromatic carbocycles. The predicted molar refractivity (Wildman–Crippen MR) is 75.6 cm³/mol. The Morgan fingerprint density at radius 2 is 2.15 bits per heavy atom. The molecule has 3 N–H and O–H groups in total. The summed E-state index contributed by atoms with van der Waals surface area (Å²) in [5.41, 5.74) is 4.33. The fraction of sp³-hybridized carbons (Fsp3) is 0.400. The third-order valence-electron chi connectivity index (χ3n) is 2.31. The molecule has 1 rings (SSSR count). The van der Waals surface area contributed by atoms with Gasteiger partial charge in [-0.05, 0) is 13.2 Å². The number of nitrogen functional groups attached to an aromatic ring is 1. The molecule has 20 heavy (non-hydrogen) atoms. The predicted octanol–water partition coefficient (Wildman–Crippen LogP) is 1.35. The molecule has 0 bridgehead atoms. The van der Waals surface area contributed by atoms with Crippen LogP contribution in [0.25, 0.3) is 0 Å². The number of hydrogen-bond acceptors (Lipinski definition) is 6. The minimum Gasteiger partial charge on any atom is -0.397 e. The van der Waals surface area contributed by atoms with Crippen LogP contribution in [0, 0.1) is 15.9 Å². The van der Waals surface area contributed by atoms with Crippen LogP contribution in [0.5, 0.6) is 0 Å². The second kappa shape index (κ2) is 6.37. The highest BCUT2D eigenvalue weighted by Crippen LogP contribution is 2.27. The first kappa shape index (κ1) is 16.7. The maximum absolute atomic E-state index is 13.8. The lowest BCUT2D eigenvalue weighted by Crippen LogP contribution is -2.35. The summed E-state index contributed by atoms with van der Waals surface area (Å²) in [7, 11) is -4.17. The highest BCUT2D eigenvalue weighted by Gasteiger charge is 2.26. The second-order valence-electron chi connectivity index (χ2n) is 4.08. The van der Waals surface area contributed by atoms with E-state index in [1.807, 2.05) is 0 Å². The molecule has 1 aromatic rings. The van der Waals surface area contributed by atoms with Gasteiger partial charge in [-0.25, -0.2) is 17.5 Å². The molecular weight excluding hydrogens is 309 g/mol. The van der Waals surface area contributed by atoms with E-state index in [-0.39, 0.29) is 0 Å². The van der Waals surface area contributed by atoms with Crippen LogP contribution >= 0.6 is 11.8 Å². The number of anilines is 1. The molecule has 1 atom stereocenters. The van der Waals surface area contributed by atoms with E-state index in [1.165, 1.54) is 11.8 Å². The van der Waals surface area contributed by atoms with Crippen molar-refractivity contribution in [2.45, 2.75) is 17.9 Å². The number of benzene rings is 1. The van der Waals surface area contributed by atoms with Crippen molar-refractivity contribution in [3.8, 4) is 0 Å². The van der Waals surface area contributed by atoms with E-state index in [2.05, 4.69) is 4.72 Å². The van der Waals surface area contributed by atoms with Crippen LogP contribution in [0.15, 0.2) is 17.0 Å². The molecule has 112 valence electrons. The first-order chi connectivity index (χ1) is 9.19. The summed E-state index contributed by atoms with van der Waals surface area (Å²) in [5, 5.41) is 10.5. The maximum Gasteiger partial charge on any atom is 0.274 e. The van der Waals surface area contributed by atoms with Crippen molar-refractivity contribution in [1.29, 1.82) is 0 Å². The van der Waals surface area contributed by atoms with Crippen LogP contribution in [-0.2, 0) is 10.0 Å². The standard InChI is InChI=1S/C10H14FN3O4S2/c1-6(5-19-2)13-20(17,18)10-8(11)3-7(14(15)16)4-9(10)12/h3-4,6,13H,5,12H2,1-2H3. The lowest BCUT2D eigenvalue weighted by molar-refractivity contribution is -0.385. The van der Waals surface area contributed by atoms with Crippen LogP contribution in [-0.4, -0.2) is 31.4 Å². The van der Waals surface area contributed by atoms with Crippen molar-refractivity contribution in [3.05, 3.63) is 28.1 Å². The van der Waals surface area contributed by atoms with Gasteiger partial charge >= 0.3 is 0 Å². The molecule has 0 spiro atoms. The van der Waals surface area contributed by atoms with E-state index < -0.39 is 43.1 Å². The maximum atomic E-state index is 13.8. The third kappa shape index (κ3) is 3.81. The first-order valence-corrected chi connectivity index (χ1v) is 8.31. The number of rotatable bonds is 6. The van der Waals surface area contributed by atoms with Gasteiger partial charge in [-0.2, -0.15) is 11.8 Å². The van der Waals surface area contributed by atoms with Crippen molar-refractivity contribution in [2.75, 3.05) is 17.7 Å². The van der Waals surface area contributed by atoms with Crippen LogP contribution in [0.3, 0.4) is 0 Å². The van der Waals surface area contributed by atoms with Crippen LogP contribution in [0.2, 0.25) is 0 Å². The summed E-state index contributed by atoms with van der Waals surface area (Å²) < 4.78 is 40.1. The monoisotopic (exact) mass is 323 g/mol. The highest BCUT2D eigenvalue weighted by atomic mass is 32.2. The van der Waals surface area contributed by atoms with Gasteiger partial charge in [-0.1, -0.05) is 0 Å².